The van der Waals surface area contributed by atoms with Gasteiger partial charge in [0.05, 0.1) is 17.2 Å². The standard InChI is InChI=1S/C21H17ClF3NO3/c22-12-6-10-16(15-9-4-5-11-17(15)21(23,24)25)19(27)26-18(13-29-20(26)28)14-7-2-1-3-8-14/h1-5,7-9,11,13,16H,6,10,12H2/t16-/m0/s1. The summed E-state index contributed by atoms with van der Waals surface area (Å²) in [6, 6.07) is 13.4. The van der Waals surface area contributed by atoms with Gasteiger partial charge in [-0.1, -0.05) is 48.5 Å². The van der Waals surface area contributed by atoms with E-state index in [0.717, 1.165) is 16.9 Å². The maximum absolute atomic E-state index is 13.5. The number of nitrogens with zero attached hydrogens (tertiary/aromatic N) is 1. The Morgan fingerprint density at radius 2 is 1.72 bits per heavy atom. The van der Waals surface area contributed by atoms with Crippen molar-refractivity contribution in [2.45, 2.75) is 24.9 Å². The maximum Gasteiger partial charge on any atom is 0.426 e. The first kappa shape index (κ1) is 20.9. The third-order valence-electron chi connectivity index (χ3n) is 4.55. The first-order chi connectivity index (χ1) is 13.8. The summed E-state index contributed by atoms with van der Waals surface area (Å²) in [5, 5.41) is 0. The number of aromatic nitrogens is 1. The lowest BCUT2D eigenvalue weighted by Gasteiger charge is -2.21. The van der Waals surface area contributed by atoms with Gasteiger partial charge < -0.3 is 4.42 Å². The van der Waals surface area contributed by atoms with Crippen molar-refractivity contribution in [2.75, 3.05) is 5.88 Å². The fraction of sp³-hybridized carbons (Fsp3) is 0.238. The second-order valence-corrected chi connectivity index (χ2v) is 6.77. The predicted octanol–water partition coefficient (Wildman–Crippen LogP) is 5.57. The van der Waals surface area contributed by atoms with Crippen LogP contribution in [0.2, 0.25) is 0 Å². The van der Waals surface area contributed by atoms with Crippen molar-refractivity contribution < 1.29 is 22.4 Å². The second-order valence-electron chi connectivity index (χ2n) is 6.40. The van der Waals surface area contributed by atoms with Crippen molar-refractivity contribution in [3.8, 4) is 11.3 Å². The van der Waals surface area contributed by atoms with E-state index in [4.69, 9.17) is 16.0 Å². The summed E-state index contributed by atoms with van der Waals surface area (Å²) >= 11 is 5.73. The van der Waals surface area contributed by atoms with E-state index >= 15 is 0 Å². The smallest absolute Gasteiger partial charge is 0.415 e. The van der Waals surface area contributed by atoms with Gasteiger partial charge in [-0.2, -0.15) is 13.2 Å². The van der Waals surface area contributed by atoms with Crippen LogP contribution in [0.1, 0.15) is 34.7 Å². The number of carbonyl (C=O) groups excluding carboxylic acids is 1. The molecule has 0 aliphatic carbocycles. The van der Waals surface area contributed by atoms with E-state index in [2.05, 4.69) is 0 Å². The van der Waals surface area contributed by atoms with E-state index < -0.39 is 29.3 Å². The van der Waals surface area contributed by atoms with Gasteiger partial charge in [-0.25, -0.2) is 9.36 Å². The topological polar surface area (TPSA) is 52.2 Å². The molecule has 0 unspecified atom stereocenters. The summed E-state index contributed by atoms with van der Waals surface area (Å²) in [4.78, 5) is 25.6. The van der Waals surface area contributed by atoms with Crippen LogP contribution in [0.5, 0.6) is 0 Å². The summed E-state index contributed by atoms with van der Waals surface area (Å²) in [5.41, 5.74) is -0.388. The Hall–Kier alpha value is -2.80. The predicted molar refractivity (Wildman–Crippen MR) is 103 cm³/mol. The van der Waals surface area contributed by atoms with Crippen LogP contribution in [-0.4, -0.2) is 16.4 Å². The number of alkyl halides is 4. The maximum atomic E-state index is 13.5. The zero-order chi connectivity index (χ0) is 21.0. The SMILES string of the molecule is O=C([C@@H](CCCCl)c1ccccc1C(F)(F)F)n1c(-c2ccccc2)coc1=O. The molecule has 0 spiro atoms. The molecule has 1 atom stereocenters. The van der Waals surface area contributed by atoms with Gasteiger partial charge in [-0.15, -0.1) is 11.6 Å². The molecule has 0 N–H and O–H groups in total. The number of carbonyl (C=O) groups is 1. The quantitative estimate of drug-likeness (QED) is 0.487. The summed E-state index contributed by atoms with van der Waals surface area (Å²) in [6.45, 7) is 0. The summed E-state index contributed by atoms with van der Waals surface area (Å²) in [5.74, 6) is -2.77. The van der Waals surface area contributed by atoms with E-state index in [9.17, 15) is 22.8 Å². The lowest BCUT2D eigenvalue weighted by atomic mass is 9.89. The number of halogens is 4. The van der Waals surface area contributed by atoms with E-state index in [-0.39, 0.29) is 23.6 Å². The number of hydrogen-bond donors (Lipinski definition) is 0. The summed E-state index contributed by atoms with van der Waals surface area (Å²) in [6.07, 6.45) is -3.15. The van der Waals surface area contributed by atoms with Gasteiger partial charge in [0.25, 0.3) is 0 Å². The van der Waals surface area contributed by atoms with Crippen LogP contribution in [-0.2, 0) is 6.18 Å². The van der Waals surface area contributed by atoms with Gasteiger partial charge in [-0.3, -0.25) is 4.79 Å². The average molecular weight is 424 g/mol. The van der Waals surface area contributed by atoms with Crippen molar-refractivity contribution >= 4 is 17.5 Å². The third-order valence-corrected chi connectivity index (χ3v) is 4.82. The lowest BCUT2D eigenvalue weighted by molar-refractivity contribution is -0.138. The molecule has 3 rings (SSSR count). The molecule has 152 valence electrons. The highest BCUT2D eigenvalue weighted by molar-refractivity contribution is 6.17. The summed E-state index contributed by atoms with van der Waals surface area (Å²) in [7, 11) is 0. The van der Waals surface area contributed by atoms with E-state index in [0.29, 0.717) is 12.0 Å². The molecule has 0 radical (unpaired) electrons. The number of oxazole rings is 1. The van der Waals surface area contributed by atoms with Crippen LogP contribution in [0.15, 0.2) is 70.1 Å². The van der Waals surface area contributed by atoms with Crippen molar-refractivity contribution in [3.63, 3.8) is 0 Å². The minimum Gasteiger partial charge on any atom is -0.415 e. The zero-order valence-electron chi connectivity index (χ0n) is 15.2. The van der Waals surface area contributed by atoms with Gasteiger partial charge >= 0.3 is 11.9 Å². The molecule has 0 fully saturated rings. The Labute approximate surface area is 169 Å². The molecule has 0 bridgehead atoms. The molecule has 4 nitrogen and oxygen atoms in total. The number of benzene rings is 2. The number of rotatable bonds is 6. The molecule has 0 saturated carbocycles. The Balaban J connectivity index is 2.13. The molecule has 1 heterocycles. The van der Waals surface area contributed by atoms with Crippen LogP contribution in [0.4, 0.5) is 13.2 Å². The van der Waals surface area contributed by atoms with Crippen molar-refractivity contribution in [1.82, 2.24) is 4.57 Å². The average Bonchev–Trinajstić information content (AvgIpc) is 3.10. The lowest BCUT2D eigenvalue weighted by Crippen LogP contribution is -2.30. The van der Waals surface area contributed by atoms with Gasteiger partial charge in [-0.05, 0) is 24.5 Å². The Morgan fingerprint density at radius 3 is 2.38 bits per heavy atom. The second kappa shape index (κ2) is 8.69. The van der Waals surface area contributed by atoms with Crippen molar-refractivity contribution in [2.24, 2.45) is 0 Å². The Kier molecular flexibility index (Phi) is 6.27. The molecule has 29 heavy (non-hydrogen) atoms. The van der Waals surface area contributed by atoms with E-state index in [1.807, 2.05) is 0 Å². The van der Waals surface area contributed by atoms with Crippen molar-refractivity contribution in [1.29, 1.82) is 0 Å². The third kappa shape index (κ3) is 4.45. The monoisotopic (exact) mass is 423 g/mol. The van der Waals surface area contributed by atoms with Crippen LogP contribution >= 0.6 is 11.6 Å². The molecule has 0 amide bonds. The fourth-order valence-corrected chi connectivity index (χ4v) is 3.39. The van der Waals surface area contributed by atoms with Gasteiger partial charge in [0.2, 0.25) is 5.91 Å². The fourth-order valence-electron chi connectivity index (χ4n) is 3.23. The molecule has 0 saturated heterocycles. The molecule has 2 aromatic carbocycles. The van der Waals surface area contributed by atoms with E-state index in [1.54, 1.807) is 30.3 Å². The van der Waals surface area contributed by atoms with Crippen LogP contribution in [0, 0.1) is 0 Å². The molecule has 3 aromatic rings. The Morgan fingerprint density at radius 1 is 1.07 bits per heavy atom. The molecule has 8 heteroatoms. The van der Waals surface area contributed by atoms with Crippen LogP contribution < -0.4 is 5.76 Å². The molecule has 1 aromatic heterocycles. The largest absolute Gasteiger partial charge is 0.426 e. The Bertz CT molecular complexity index is 1040. The van der Waals surface area contributed by atoms with Crippen LogP contribution in [0.3, 0.4) is 0 Å². The molecule has 0 aliphatic rings. The number of hydrogen-bond acceptors (Lipinski definition) is 3. The first-order valence-corrected chi connectivity index (χ1v) is 9.40. The van der Waals surface area contributed by atoms with Gasteiger partial charge in [0.1, 0.15) is 6.26 Å². The highest BCUT2D eigenvalue weighted by Gasteiger charge is 2.37. The first-order valence-electron chi connectivity index (χ1n) is 8.87. The normalized spacial score (nSPS) is 12.7. The highest BCUT2D eigenvalue weighted by atomic mass is 35.5. The zero-order valence-corrected chi connectivity index (χ0v) is 15.9. The summed E-state index contributed by atoms with van der Waals surface area (Å²) < 4.78 is 46.3. The minimum atomic E-state index is -4.64. The molecular weight excluding hydrogens is 407 g/mol. The highest BCUT2D eigenvalue weighted by Crippen LogP contribution is 2.37. The minimum absolute atomic E-state index is 0.0568. The molecular formula is C21H17ClF3NO3. The van der Waals surface area contributed by atoms with Crippen LogP contribution in [0.25, 0.3) is 11.3 Å². The molecule has 0 aliphatic heterocycles. The van der Waals surface area contributed by atoms with Gasteiger partial charge in [0, 0.05) is 11.4 Å². The van der Waals surface area contributed by atoms with Crippen molar-refractivity contribution in [3.05, 3.63) is 82.5 Å². The van der Waals surface area contributed by atoms with E-state index in [1.165, 1.54) is 18.2 Å². The van der Waals surface area contributed by atoms with Gasteiger partial charge in [0.15, 0.2) is 0 Å².